The summed E-state index contributed by atoms with van der Waals surface area (Å²) < 4.78 is 47.3. The van der Waals surface area contributed by atoms with Crippen molar-refractivity contribution in [2.45, 2.75) is 145 Å². The van der Waals surface area contributed by atoms with Crippen LogP contribution < -0.4 is 77.6 Å². The Balaban J connectivity index is 0.000000111. The molecule has 27 rings (SSSR count). The minimum Gasteiger partial charge on any atom is -0.458 e. The third kappa shape index (κ3) is 13.6. The smallest absolute Gasteiger partial charge is 0.260 e. The predicted molar refractivity (Wildman–Crippen MR) is 591 cm³/mol. The molecular formula is C129H108B3N3O6. The lowest BCUT2D eigenvalue weighted by atomic mass is 9.34. The molecule has 12 heteroatoms. The van der Waals surface area contributed by atoms with Crippen molar-refractivity contribution in [3.8, 4) is 119 Å². The second-order valence-corrected chi connectivity index (χ2v) is 41.4. The molecule has 9 heterocycles. The quantitative estimate of drug-likeness (QED) is 0.155. The van der Waals surface area contributed by atoms with Crippen LogP contribution in [0.5, 0.6) is 69.0 Å². The molecule has 6 aliphatic rings. The molecule has 141 heavy (non-hydrogen) atoms. The first-order valence-electron chi connectivity index (χ1n) is 49.6. The molecule has 0 atom stereocenters. The monoisotopic (exact) mass is 1830 g/mol. The van der Waals surface area contributed by atoms with Gasteiger partial charge in [-0.25, -0.2) is 0 Å². The molecule has 3 aromatic heterocycles. The molecule has 18 aromatic carbocycles. The molecular weight excluding hydrogens is 1720 g/mol. The molecule has 0 aliphatic carbocycles. The number of hydrogen-bond donors (Lipinski definition) is 0. The molecule has 684 valence electrons. The molecule has 6 aliphatic heterocycles. The Labute approximate surface area is 825 Å². The van der Waals surface area contributed by atoms with Crippen LogP contribution in [0.3, 0.4) is 0 Å². The highest BCUT2D eigenvalue weighted by molar-refractivity contribution is 7.00. The Morgan fingerprint density at radius 3 is 0.759 bits per heavy atom. The summed E-state index contributed by atoms with van der Waals surface area (Å²) >= 11 is 0. The van der Waals surface area contributed by atoms with Crippen LogP contribution in [-0.2, 0) is 0 Å². The molecule has 0 bridgehead atoms. The second-order valence-electron chi connectivity index (χ2n) is 41.4. The number of hydrogen-bond acceptors (Lipinski definition) is 6. The van der Waals surface area contributed by atoms with E-state index in [1.54, 1.807) is 0 Å². The first kappa shape index (κ1) is 86.9. The van der Waals surface area contributed by atoms with Crippen molar-refractivity contribution in [3.05, 3.63) is 390 Å². The highest BCUT2D eigenvalue weighted by Crippen LogP contribution is 2.49. The van der Waals surface area contributed by atoms with Crippen LogP contribution in [0.15, 0.2) is 273 Å². The molecule has 0 saturated heterocycles. The van der Waals surface area contributed by atoms with Crippen LogP contribution in [-0.4, -0.2) is 33.8 Å². The Hall–Kier alpha value is -15.6. The minimum absolute atomic E-state index is 0.0434. The summed E-state index contributed by atoms with van der Waals surface area (Å²) in [5.74, 6) is 11.1. The number of rotatable bonds is 6. The van der Waals surface area contributed by atoms with E-state index < -0.39 is 0 Å². The molecule has 0 N–H and O–H groups in total. The fourth-order valence-electron chi connectivity index (χ4n) is 23.6. The highest BCUT2D eigenvalue weighted by Gasteiger charge is 2.46. The largest absolute Gasteiger partial charge is 0.458 e. The van der Waals surface area contributed by atoms with Crippen LogP contribution in [0.25, 0.3) is 116 Å². The summed E-state index contributed by atoms with van der Waals surface area (Å²) in [4.78, 5) is 0. The molecule has 0 saturated carbocycles. The van der Waals surface area contributed by atoms with E-state index in [1.807, 2.05) is 0 Å². The van der Waals surface area contributed by atoms with Gasteiger partial charge < -0.3 is 42.1 Å². The van der Waals surface area contributed by atoms with Gasteiger partial charge in [0.2, 0.25) is 0 Å². The van der Waals surface area contributed by atoms with Crippen molar-refractivity contribution in [2.24, 2.45) is 0 Å². The third-order valence-electron chi connectivity index (χ3n) is 31.8. The Morgan fingerprint density at radius 2 is 0.426 bits per heavy atom. The molecule has 0 fully saturated rings. The minimum atomic E-state index is 0.0434. The molecule has 21 aromatic rings. The number of aryl methyl sites for hydroxylation is 21. The van der Waals surface area contributed by atoms with Gasteiger partial charge in [-0.1, -0.05) is 115 Å². The first-order chi connectivity index (χ1) is 68.0. The number of para-hydroxylation sites is 1. The molecule has 0 unspecified atom stereocenters. The van der Waals surface area contributed by atoms with Gasteiger partial charge in [0.15, 0.2) is 0 Å². The van der Waals surface area contributed by atoms with Crippen molar-refractivity contribution in [2.75, 3.05) is 0 Å². The third-order valence-corrected chi connectivity index (χ3v) is 31.8. The van der Waals surface area contributed by atoms with E-state index >= 15 is 0 Å². The summed E-state index contributed by atoms with van der Waals surface area (Å²) in [6.45, 7) is 45.8. The van der Waals surface area contributed by atoms with Gasteiger partial charge in [0, 0.05) is 71.3 Å². The van der Waals surface area contributed by atoms with Gasteiger partial charge in [0.05, 0.1) is 33.1 Å². The maximum atomic E-state index is 6.92. The topological polar surface area (TPSA) is 70.2 Å². The fraction of sp³-hybridized carbons (Fsp3) is 0.163. The zero-order chi connectivity index (χ0) is 96.9. The predicted octanol–water partition coefficient (Wildman–Crippen LogP) is 28.0. The van der Waals surface area contributed by atoms with E-state index in [1.165, 1.54) is 198 Å². The summed E-state index contributed by atoms with van der Waals surface area (Å²) in [7, 11) is 0. The van der Waals surface area contributed by atoms with Gasteiger partial charge in [0.1, 0.15) is 69.0 Å². The van der Waals surface area contributed by atoms with Gasteiger partial charge in [-0.05, 0) is 481 Å². The van der Waals surface area contributed by atoms with Crippen molar-refractivity contribution in [3.63, 3.8) is 0 Å². The molecule has 0 spiro atoms. The summed E-state index contributed by atoms with van der Waals surface area (Å²) in [5.41, 5.74) is 54.5. The van der Waals surface area contributed by atoms with E-state index in [0.717, 1.165) is 152 Å². The van der Waals surface area contributed by atoms with E-state index in [4.69, 9.17) is 28.4 Å². The molecule has 0 amide bonds. The SMILES string of the molecule is Cc1ccc2c(c1)Oc1c(C)cc(C)c3c1B2c1cc(-c2ccc(-n4c5cc(C)c(C)cc5c5cc(C)c(C)cc54)cc2)ccc1O3.Cc1ccc2c(c1)Oc1c(C)cc(C)c3c1B2c1ccc(-c2ccc(-n4c5cc(C)c(C)cc5c5cc(C)c(C)cc54)cc2)cc1O3.Cc1ccc2c(c1)Oc1c(C)cc(C)c3c1B2c1cccc(-c2ccc(-n4c5cc(C)c(C)cc5c5cc(C)c(C)cc54)cc2)c1O3. The summed E-state index contributed by atoms with van der Waals surface area (Å²) in [6.07, 6.45) is 0. The number of benzene rings is 18. The molecule has 0 radical (unpaired) electrons. The van der Waals surface area contributed by atoms with Gasteiger partial charge in [-0.3, -0.25) is 0 Å². The zero-order valence-electron chi connectivity index (χ0n) is 84.0. The van der Waals surface area contributed by atoms with Gasteiger partial charge in [-0.15, -0.1) is 0 Å². The van der Waals surface area contributed by atoms with Crippen LogP contribution >= 0.6 is 0 Å². The number of nitrogens with zero attached hydrogens (tertiary/aromatic N) is 3. The Bertz CT molecular complexity index is 8850. The van der Waals surface area contributed by atoms with Gasteiger partial charge in [-0.2, -0.15) is 0 Å². The van der Waals surface area contributed by atoms with E-state index in [2.05, 4.69) is 432 Å². The fourth-order valence-corrected chi connectivity index (χ4v) is 23.6. The van der Waals surface area contributed by atoms with Crippen molar-refractivity contribution >= 4 is 135 Å². The van der Waals surface area contributed by atoms with Crippen molar-refractivity contribution in [1.82, 2.24) is 13.7 Å². The molecule has 9 nitrogen and oxygen atoms in total. The zero-order valence-corrected chi connectivity index (χ0v) is 84.0. The Kier molecular flexibility index (Phi) is 19.9. The number of fused-ring (bicyclic) bond motifs is 21. The van der Waals surface area contributed by atoms with E-state index in [-0.39, 0.29) is 20.1 Å². The van der Waals surface area contributed by atoms with Crippen molar-refractivity contribution in [1.29, 1.82) is 0 Å². The lowest BCUT2D eigenvalue weighted by molar-refractivity contribution is 0.459. The average Bonchev–Trinajstić information content (AvgIpc) is 1.71. The van der Waals surface area contributed by atoms with Gasteiger partial charge >= 0.3 is 0 Å². The lowest BCUT2D eigenvalue weighted by Gasteiger charge is -2.35. The average molecular weight is 1830 g/mol. The number of ether oxygens (including phenoxy) is 6. The normalized spacial score (nSPS) is 12.9. The summed E-state index contributed by atoms with van der Waals surface area (Å²) in [5, 5.41) is 7.83. The summed E-state index contributed by atoms with van der Waals surface area (Å²) in [6, 6.07) is 101. The van der Waals surface area contributed by atoms with E-state index in [9.17, 15) is 0 Å². The van der Waals surface area contributed by atoms with Crippen LogP contribution in [0, 0.1) is 145 Å². The Morgan fingerprint density at radius 1 is 0.170 bits per heavy atom. The van der Waals surface area contributed by atoms with Crippen molar-refractivity contribution < 1.29 is 28.4 Å². The standard InChI is InChI=1S/3C43H36BNO2/c1-23-8-14-35-40(16-23)47-43-29(7)17-28(6)42-41(43)44(35)36-22-31(11-15-39(36)46-42)30-9-12-32(13-10-30)45-37-20-26(4)24(2)18-33(37)34-19-25(3)27(5)21-38(34)45;1-23-8-14-35-39(16-23)46-42-28(6)17-29(7)43-41(42)44(35)36-15-11-31(22-40(36)47-43)30-9-12-32(13-10-30)45-37-20-26(4)24(2)18-33(37)34-19-25(3)27(5)21-38(34)45;1-23-11-16-35-39(17-23)46-41-28(6)18-29(7)42-40(41)44(35)36-10-8-9-32(43(36)47-42)30-12-14-31(15-13-30)45-37-21-26(4)24(2)19-33(37)34-20-25(3)27(5)22-38(34)45/h3*8-22H,1-7H3. The lowest BCUT2D eigenvalue weighted by Crippen LogP contribution is -2.57. The number of aromatic nitrogens is 3. The van der Waals surface area contributed by atoms with Crippen LogP contribution in [0.4, 0.5) is 0 Å². The van der Waals surface area contributed by atoms with Gasteiger partial charge in [0.25, 0.3) is 20.1 Å². The maximum Gasteiger partial charge on any atom is 0.260 e. The van der Waals surface area contributed by atoms with Crippen LogP contribution in [0.1, 0.15) is 117 Å². The van der Waals surface area contributed by atoms with Crippen LogP contribution in [0.2, 0.25) is 0 Å². The second kappa shape index (κ2) is 32.2. The maximum absolute atomic E-state index is 6.92. The first-order valence-corrected chi connectivity index (χ1v) is 49.6. The highest BCUT2D eigenvalue weighted by atomic mass is 16.5. The van der Waals surface area contributed by atoms with E-state index in [0.29, 0.717) is 0 Å².